The van der Waals surface area contributed by atoms with Crippen molar-refractivity contribution in [1.82, 2.24) is 10.2 Å². The average molecular weight is 516 g/mol. The highest BCUT2D eigenvalue weighted by Gasteiger charge is 2.58. The Hall–Kier alpha value is -2.96. The van der Waals surface area contributed by atoms with Gasteiger partial charge in [-0.15, -0.1) is 0 Å². The van der Waals surface area contributed by atoms with E-state index in [0.717, 1.165) is 0 Å². The molecular formula is C25H23ClFN3O4S. The second-order valence-corrected chi connectivity index (χ2v) is 12.2. The van der Waals surface area contributed by atoms with E-state index in [1.165, 1.54) is 35.2 Å². The van der Waals surface area contributed by atoms with E-state index in [-0.39, 0.29) is 22.9 Å². The highest BCUT2D eigenvalue weighted by molar-refractivity contribution is 7.92. The van der Waals surface area contributed by atoms with Crippen LogP contribution in [0.4, 0.5) is 4.39 Å². The molecule has 3 fully saturated rings. The molecule has 0 radical (unpaired) electrons. The first-order valence-corrected chi connectivity index (χ1v) is 13.3. The summed E-state index contributed by atoms with van der Waals surface area (Å²) in [5, 5.41) is 11.1. The van der Waals surface area contributed by atoms with Crippen LogP contribution in [0.15, 0.2) is 53.4 Å². The van der Waals surface area contributed by atoms with E-state index in [4.69, 9.17) is 11.6 Å². The number of carbonyl (C=O) groups is 2. The number of carbonyl (C=O) groups excluding carboxylic acids is 2. The molecule has 0 aromatic heterocycles. The third kappa shape index (κ3) is 4.09. The van der Waals surface area contributed by atoms with Gasteiger partial charge in [-0.2, -0.15) is 5.26 Å². The first-order valence-electron chi connectivity index (χ1n) is 11.4. The molecule has 10 heteroatoms. The Morgan fingerprint density at radius 3 is 2.43 bits per heavy atom. The Balaban J connectivity index is 1.49. The van der Waals surface area contributed by atoms with E-state index in [1.807, 2.05) is 0 Å². The summed E-state index contributed by atoms with van der Waals surface area (Å²) in [6.07, 6.45) is 1.84. The van der Waals surface area contributed by atoms with Crippen LogP contribution >= 0.6 is 11.6 Å². The van der Waals surface area contributed by atoms with Gasteiger partial charge in [0.2, 0.25) is 11.8 Å². The zero-order valence-corrected chi connectivity index (χ0v) is 20.3. The number of rotatable bonds is 6. The van der Waals surface area contributed by atoms with Crippen LogP contribution < -0.4 is 5.32 Å². The molecule has 1 heterocycles. The fourth-order valence-corrected chi connectivity index (χ4v) is 7.09. The molecule has 2 amide bonds. The predicted molar refractivity (Wildman–Crippen MR) is 126 cm³/mol. The quantitative estimate of drug-likeness (QED) is 0.636. The molecule has 2 aliphatic carbocycles. The average Bonchev–Trinajstić information content (AvgIpc) is 3.75. The molecule has 182 valence electrons. The van der Waals surface area contributed by atoms with E-state index in [2.05, 4.69) is 11.4 Å². The van der Waals surface area contributed by atoms with Gasteiger partial charge < -0.3 is 10.2 Å². The molecule has 7 nitrogen and oxygen atoms in total. The molecule has 2 atom stereocenters. The Morgan fingerprint density at radius 1 is 1.11 bits per heavy atom. The summed E-state index contributed by atoms with van der Waals surface area (Å²) >= 11 is 6.17. The molecule has 1 N–H and O–H groups in total. The van der Waals surface area contributed by atoms with Crippen LogP contribution in [0.5, 0.6) is 0 Å². The number of hydrogen-bond donors (Lipinski definition) is 1. The van der Waals surface area contributed by atoms with Crippen molar-refractivity contribution in [2.45, 2.75) is 59.2 Å². The summed E-state index contributed by atoms with van der Waals surface area (Å²) in [4.78, 5) is 28.3. The number of likely N-dealkylation sites (tertiary alicyclic amines) is 1. The number of amides is 2. The molecule has 3 aliphatic rings. The highest BCUT2D eigenvalue weighted by atomic mass is 35.5. The Labute approximate surface area is 207 Å². The zero-order chi connectivity index (χ0) is 25.0. The third-order valence-electron chi connectivity index (χ3n) is 7.27. The van der Waals surface area contributed by atoms with Crippen LogP contribution in [0.25, 0.3) is 0 Å². The maximum atomic E-state index is 13.9. The Bertz CT molecular complexity index is 1360. The molecule has 0 unspecified atom stereocenters. The lowest BCUT2D eigenvalue weighted by molar-refractivity contribution is -0.140. The smallest absolute Gasteiger partial charge is 0.244 e. The van der Waals surface area contributed by atoms with E-state index < -0.39 is 49.7 Å². The number of nitriles is 1. The molecule has 0 spiro atoms. The van der Waals surface area contributed by atoms with Gasteiger partial charge in [0.25, 0.3) is 0 Å². The first-order chi connectivity index (χ1) is 16.6. The summed E-state index contributed by atoms with van der Waals surface area (Å²) < 4.78 is 40.9. The normalized spacial score (nSPS) is 23.9. The monoisotopic (exact) mass is 515 g/mol. The minimum atomic E-state index is -3.96. The van der Waals surface area contributed by atoms with Crippen molar-refractivity contribution in [3.8, 4) is 6.07 Å². The predicted octanol–water partition coefficient (Wildman–Crippen LogP) is 3.13. The van der Waals surface area contributed by atoms with E-state index in [0.29, 0.717) is 31.2 Å². The maximum Gasteiger partial charge on any atom is 0.244 e. The standard InChI is InChI=1S/C25H23ClFN3O4S/c26-19-6-1-2-7-21(19)35(33,34)18-13-20(22(31)29-24(15-28)8-9-24)30(14-18)23(32)25(10-11-25)16-4-3-5-17(27)12-16/h1-7,12,18,20H,8-11,13-14H2,(H,29,31)/t18-,20+/m1/s1. The van der Waals surface area contributed by atoms with E-state index in [9.17, 15) is 27.7 Å². The topological polar surface area (TPSA) is 107 Å². The summed E-state index contributed by atoms with van der Waals surface area (Å²) in [6.45, 7) is -0.193. The van der Waals surface area contributed by atoms with Gasteiger partial charge in [0.05, 0.1) is 26.7 Å². The first kappa shape index (κ1) is 23.8. The van der Waals surface area contributed by atoms with Crippen LogP contribution in [0.1, 0.15) is 37.7 Å². The summed E-state index contributed by atoms with van der Waals surface area (Å²) in [5.41, 5.74) is -1.45. The molecule has 2 aromatic rings. The van der Waals surface area contributed by atoms with Crippen molar-refractivity contribution in [3.05, 3.63) is 64.9 Å². The minimum Gasteiger partial charge on any atom is -0.336 e. The Morgan fingerprint density at radius 2 is 1.83 bits per heavy atom. The van der Waals surface area contributed by atoms with Gasteiger partial charge in [0, 0.05) is 6.54 Å². The molecule has 1 saturated heterocycles. The SMILES string of the molecule is N#CC1(NC(=O)[C@@H]2C[C@@H](S(=O)(=O)c3ccccc3Cl)CN2C(=O)C2(c3cccc(F)c3)CC2)CC1. The number of nitrogens with one attached hydrogen (secondary N) is 1. The lowest BCUT2D eigenvalue weighted by Crippen LogP contribution is -2.51. The van der Waals surface area contributed by atoms with Gasteiger partial charge in [0.1, 0.15) is 17.4 Å². The van der Waals surface area contributed by atoms with E-state index in [1.54, 1.807) is 18.2 Å². The third-order valence-corrected chi connectivity index (χ3v) is 9.90. The van der Waals surface area contributed by atoms with E-state index >= 15 is 0 Å². The largest absolute Gasteiger partial charge is 0.336 e. The molecule has 2 saturated carbocycles. The van der Waals surface area contributed by atoms with Crippen LogP contribution in [-0.4, -0.2) is 48.5 Å². The summed E-state index contributed by atoms with van der Waals surface area (Å²) in [7, 11) is -3.96. The molecular weight excluding hydrogens is 493 g/mol. The van der Waals surface area contributed by atoms with Gasteiger partial charge in [-0.1, -0.05) is 35.9 Å². The number of benzene rings is 2. The van der Waals surface area contributed by atoms with Crippen molar-refractivity contribution < 1.29 is 22.4 Å². The van der Waals surface area contributed by atoms with Crippen LogP contribution in [0, 0.1) is 17.1 Å². The molecule has 5 rings (SSSR count). The van der Waals surface area contributed by atoms with Crippen LogP contribution in [0.3, 0.4) is 0 Å². The summed E-state index contributed by atoms with van der Waals surface area (Å²) in [5.74, 6) is -1.42. The fraction of sp³-hybridized carbons (Fsp3) is 0.400. The van der Waals surface area contributed by atoms with Crippen LogP contribution in [0.2, 0.25) is 5.02 Å². The van der Waals surface area contributed by atoms with Gasteiger partial charge in [-0.25, -0.2) is 12.8 Å². The summed E-state index contributed by atoms with van der Waals surface area (Å²) in [6, 6.07) is 12.9. The van der Waals surface area contributed by atoms with Crippen molar-refractivity contribution in [2.75, 3.05) is 6.54 Å². The Kier molecular flexibility index (Phi) is 5.65. The molecule has 1 aliphatic heterocycles. The minimum absolute atomic E-state index is 0.0536. The number of hydrogen-bond acceptors (Lipinski definition) is 5. The van der Waals surface area contributed by atoms with Gasteiger partial charge in [0.15, 0.2) is 9.84 Å². The van der Waals surface area contributed by atoms with Crippen molar-refractivity contribution in [1.29, 1.82) is 5.26 Å². The maximum absolute atomic E-state index is 13.9. The molecule has 35 heavy (non-hydrogen) atoms. The fourth-order valence-electron chi connectivity index (χ4n) is 4.87. The van der Waals surface area contributed by atoms with Gasteiger partial charge in [-0.3, -0.25) is 9.59 Å². The lowest BCUT2D eigenvalue weighted by atomic mass is 9.93. The zero-order valence-electron chi connectivity index (χ0n) is 18.7. The van der Waals surface area contributed by atoms with Crippen molar-refractivity contribution >= 4 is 33.3 Å². The van der Waals surface area contributed by atoms with Crippen molar-refractivity contribution in [2.24, 2.45) is 0 Å². The van der Waals surface area contributed by atoms with Crippen LogP contribution in [-0.2, 0) is 24.8 Å². The number of nitrogens with zero attached hydrogens (tertiary/aromatic N) is 2. The van der Waals surface area contributed by atoms with Gasteiger partial charge >= 0.3 is 0 Å². The second-order valence-electron chi connectivity index (χ2n) is 9.58. The van der Waals surface area contributed by atoms with Crippen molar-refractivity contribution in [3.63, 3.8) is 0 Å². The van der Waals surface area contributed by atoms with Gasteiger partial charge in [-0.05, 0) is 61.9 Å². The molecule has 2 aromatic carbocycles. The molecule has 0 bridgehead atoms. The number of sulfone groups is 1. The lowest BCUT2D eigenvalue weighted by Gasteiger charge is -2.29. The second kappa shape index (κ2) is 8.32. The highest BCUT2D eigenvalue weighted by Crippen LogP contribution is 2.51. The number of halogens is 2.